The number of halogens is 2. The lowest BCUT2D eigenvalue weighted by atomic mass is 10.1. The Balaban J connectivity index is 2.19. The molecule has 18 heavy (non-hydrogen) atoms. The molecule has 0 unspecified atom stereocenters. The molecular weight excluding hydrogens is 318 g/mol. The maximum Gasteiger partial charge on any atom is 0.258 e. The first-order valence-electron chi connectivity index (χ1n) is 5.12. The first-order chi connectivity index (χ1) is 8.56. The van der Waals surface area contributed by atoms with E-state index in [-0.39, 0.29) is 17.0 Å². The predicted molar refractivity (Wildman–Crippen MR) is 73.9 cm³/mol. The number of hydrogen-bond donors (Lipinski definition) is 1. The van der Waals surface area contributed by atoms with Crippen molar-refractivity contribution in [2.24, 2.45) is 0 Å². The lowest BCUT2D eigenvalue weighted by Crippen LogP contribution is -2.14. The standard InChI is InChI=1S/C12H9BrClN3O/c1-7-2-3-8(6-9(7)13)11(18)17-12-15-5-4-10(14)16-12/h2-6H,1H3,(H,15,16,17,18). The fourth-order valence-electron chi connectivity index (χ4n) is 1.30. The normalized spacial score (nSPS) is 10.2. The van der Waals surface area contributed by atoms with E-state index in [2.05, 4.69) is 31.2 Å². The maximum absolute atomic E-state index is 11.9. The number of hydrogen-bond acceptors (Lipinski definition) is 3. The van der Waals surface area contributed by atoms with Crippen LogP contribution in [0.15, 0.2) is 34.9 Å². The molecule has 1 amide bonds. The van der Waals surface area contributed by atoms with Crippen molar-refractivity contribution in [2.45, 2.75) is 6.92 Å². The van der Waals surface area contributed by atoms with Gasteiger partial charge >= 0.3 is 0 Å². The van der Waals surface area contributed by atoms with Gasteiger partial charge in [0.2, 0.25) is 5.95 Å². The third-order valence-corrected chi connectivity index (χ3v) is 3.35. The van der Waals surface area contributed by atoms with Crippen LogP contribution in [0.5, 0.6) is 0 Å². The summed E-state index contributed by atoms with van der Waals surface area (Å²) in [4.78, 5) is 19.7. The van der Waals surface area contributed by atoms with Crippen molar-refractivity contribution in [1.29, 1.82) is 0 Å². The summed E-state index contributed by atoms with van der Waals surface area (Å²) in [6, 6.07) is 6.88. The van der Waals surface area contributed by atoms with Crippen molar-refractivity contribution in [1.82, 2.24) is 9.97 Å². The second kappa shape index (κ2) is 5.46. The van der Waals surface area contributed by atoms with E-state index < -0.39 is 0 Å². The van der Waals surface area contributed by atoms with E-state index in [9.17, 15) is 4.79 Å². The van der Waals surface area contributed by atoms with Crippen LogP contribution in [-0.4, -0.2) is 15.9 Å². The summed E-state index contributed by atoms with van der Waals surface area (Å²) in [7, 11) is 0. The third-order valence-electron chi connectivity index (χ3n) is 2.28. The van der Waals surface area contributed by atoms with E-state index in [0.717, 1.165) is 10.0 Å². The number of anilines is 1. The van der Waals surface area contributed by atoms with Gasteiger partial charge in [-0.15, -0.1) is 0 Å². The summed E-state index contributed by atoms with van der Waals surface area (Å²) in [5.41, 5.74) is 1.58. The third kappa shape index (κ3) is 3.05. The van der Waals surface area contributed by atoms with Crippen molar-refractivity contribution < 1.29 is 4.79 Å². The quantitative estimate of drug-likeness (QED) is 0.860. The molecule has 0 atom stereocenters. The van der Waals surface area contributed by atoms with Gasteiger partial charge in [-0.3, -0.25) is 10.1 Å². The van der Waals surface area contributed by atoms with Gasteiger partial charge < -0.3 is 0 Å². The minimum atomic E-state index is -0.280. The zero-order chi connectivity index (χ0) is 13.1. The van der Waals surface area contributed by atoms with Crippen molar-refractivity contribution >= 4 is 39.4 Å². The van der Waals surface area contributed by atoms with Gasteiger partial charge in [-0.1, -0.05) is 33.6 Å². The van der Waals surface area contributed by atoms with E-state index in [0.29, 0.717) is 5.56 Å². The van der Waals surface area contributed by atoms with Crippen molar-refractivity contribution in [3.63, 3.8) is 0 Å². The molecule has 0 aliphatic rings. The van der Waals surface area contributed by atoms with Crippen LogP contribution in [-0.2, 0) is 0 Å². The molecule has 4 nitrogen and oxygen atoms in total. The highest BCUT2D eigenvalue weighted by Gasteiger charge is 2.09. The number of amides is 1. The fourth-order valence-corrected chi connectivity index (χ4v) is 1.82. The van der Waals surface area contributed by atoms with Crippen molar-refractivity contribution in [3.8, 4) is 0 Å². The van der Waals surface area contributed by atoms with E-state index in [1.54, 1.807) is 18.2 Å². The van der Waals surface area contributed by atoms with Crippen LogP contribution in [0.1, 0.15) is 15.9 Å². The molecule has 1 N–H and O–H groups in total. The molecule has 1 aromatic heterocycles. The molecule has 0 aliphatic heterocycles. The monoisotopic (exact) mass is 325 g/mol. The Labute approximate surface area is 118 Å². The molecule has 0 radical (unpaired) electrons. The number of carbonyl (C=O) groups is 1. The average Bonchev–Trinajstić information content (AvgIpc) is 2.32. The summed E-state index contributed by atoms with van der Waals surface area (Å²) in [6.07, 6.45) is 1.48. The van der Waals surface area contributed by atoms with Crippen LogP contribution in [0, 0.1) is 6.92 Å². The first kappa shape index (κ1) is 13.0. The number of nitrogens with zero attached hydrogens (tertiary/aromatic N) is 2. The number of rotatable bonds is 2. The van der Waals surface area contributed by atoms with E-state index in [4.69, 9.17) is 11.6 Å². The first-order valence-corrected chi connectivity index (χ1v) is 6.29. The largest absolute Gasteiger partial charge is 0.290 e. The number of aromatic nitrogens is 2. The molecule has 2 aromatic rings. The Morgan fingerprint density at radius 1 is 1.39 bits per heavy atom. The Hall–Kier alpha value is -1.46. The van der Waals surface area contributed by atoms with E-state index in [1.165, 1.54) is 6.20 Å². The zero-order valence-electron chi connectivity index (χ0n) is 9.45. The summed E-state index contributed by atoms with van der Waals surface area (Å²) < 4.78 is 0.877. The molecule has 92 valence electrons. The highest BCUT2D eigenvalue weighted by atomic mass is 79.9. The molecule has 0 bridgehead atoms. The Bertz CT molecular complexity index is 604. The second-order valence-corrected chi connectivity index (χ2v) is 4.86. The molecule has 0 fully saturated rings. The van der Waals surface area contributed by atoms with Gasteiger partial charge in [-0.2, -0.15) is 0 Å². The number of carbonyl (C=O) groups excluding carboxylic acids is 1. The Kier molecular flexibility index (Phi) is 3.93. The van der Waals surface area contributed by atoms with Gasteiger partial charge in [-0.25, -0.2) is 9.97 Å². The lowest BCUT2D eigenvalue weighted by Gasteiger charge is -2.05. The van der Waals surface area contributed by atoms with Gasteiger partial charge in [0.25, 0.3) is 5.91 Å². The number of nitrogens with one attached hydrogen (secondary N) is 1. The SMILES string of the molecule is Cc1ccc(C(=O)Nc2nccc(Cl)n2)cc1Br. The second-order valence-electron chi connectivity index (χ2n) is 3.62. The van der Waals surface area contributed by atoms with Crippen LogP contribution in [0.25, 0.3) is 0 Å². The van der Waals surface area contributed by atoms with Crippen LogP contribution < -0.4 is 5.32 Å². The van der Waals surface area contributed by atoms with Crippen molar-refractivity contribution in [2.75, 3.05) is 5.32 Å². The smallest absolute Gasteiger partial charge is 0.258 e. The van der Waals surface area contributed by atoms with E-state index in [1.807, 2.05) is 13.0 Å². The molecule has 0 saturated carbocycles. The molecule has 0 spiro atoms. The summed E-state index contributed by atoms with van der Waals surface area (Å²) in [5.74, 6) is -0.0952. The summed E-state index contributed by atoms with van der Waals surface area (Å²) in [6.45, 7) is 1.95. The molecule has 2 rings (SSSR count). The van der Waals surface area contributed by atoms with Crippen molar-refractivity contribution in [3.05, 3.63) is 51.2 Å². The van der Waals surface area contributed by atoms with Gasteiger partial charge in [0.05, 0.1) is 0 Å². The van der Waals surface area contributed by atoms with Crippen LogP contribution in [0.2, 0.25) is 5.15 Å². The highest BCUT2D eigenvalue weighted by Crippen LogP contribution is 2.18. The highest BCUT2D eigenvalue weighted by molar-refractivity contribution is 9.10. The van der Waals surface area contributed by atoms with Crippen LogP contribution in [0.4, 0.5) is 5.95 Å². The predicted octanol–water partition coefficient (Wildman–Crippen LogP) is 3.45. The molecular formula is C12H9BrClN3O. The minimum Gasteiger partial charge on any atom is -0.290 e. The van der Waals surface area contributed by atoms with Gasteiger partial charge in [0.15, 0.2) is 0 Å². The maximum atomic E-state index is 11.9. The molecule has 0 saturated heterocycles. The molecule has 0 aliphatic carbocycles. The minimum absolute atomic E-state index is 0.184. The summed E-state index contributed by atoms with van der Waals surface area (Å²) >= 11 is 9.09. The zero-order valence-corrected chi connectivity index (χ0v) is 11.8. The number of benzene rings is 1. The summed E-state index contributed by atoms with van der Waals surface area (Å²) in [5, 5.41) is 2.86. The Morgan fingerprint density at radius 2 is 2.17 bits per heavy atom. The fraction of sp³-hybridized carbons (Fsp3) is 0.0833. The van der Waals surface area contributed by atoms with E-state index >= 15 is 0 Å². The van der Waals surface area contributed by atoms with Gasteiger partial charge in [0.1, 0.15) is 5.15 Å². The average molecular weight is 327 g/mol. The van der Waals surface area contributed by atoms with Crippen LogP contribution in [0.3, 0.4) is 0 Å². The van der Waals surface area contributed by atoms with Crippen LogP contribution >= 0.6 is 27.5 Å². The molecule has 6 heteroatoms. The molecule has 1 aromatic carbocycles. The number of aryl methyl sites for hydroxylation is 1. The van der Waals surface area contributed by atoms with Gasteiger partial charge in [0, 0.05) is 16.2 Å². The lowest BCUT2D eigenvalue weighted by molar-refractivity contribution is 0.102. The molecule has 1 heterocycles. The topological polar surface area (TPSA) is 54.9 Å². The van der Waals surface area contributed by atoms with Gasteiger partial charge in [-0.05, 0) is 30.7 Å². The Morgan fingerprint density at radius 3 is 2.83 bits per heavy atom.